The van der Waals surface area contributed by atoms with Crippen LogP contribution in [0.5, 0.6) is 11.5 Å². The summed E-state index contributed by atoms with van der Waals surface area (Å²) in [6.45, 7) is 4.54. The van der Waals surface area contributed by atoms with Gasteiger partial charge in [0.2, 0.25) is 6.79 Å². The predicted molar refractivity (Wildman–Crippen MR) is 143 cm³/mol. The van der Waals surface area contributed by atoms with Crippen LogP contribution >= 0.6 is 28.1 Å². The standard InChI is InChI=1S/C27H23BrN4O2S/c1-16-13-21(17(2)31(16)20-10-11-23-24(14-20)34-15-33-23)26-25(22-5-3-4-12-29-22)30-27(35)32(26)19-8-6-18(28)7-9-19/h3-14,25-26H,15H2,1-2H3,(H,30,35)/t25-,26-/m1/s1. The Morgan fingerprint density at radius 3 is 2.51 bits per heavy atom. The Kier molecular flexibility index (Phi) is 5.50. The van der Waals surface area contributed by atoms with Gasteiger partial charge >= 0.3 is 0 Å². The Labute approximate surface area is 217 Å². The smallest absolute Gasteiger partial charge is 0.231 e. The van der Waals surface area contributed by atoms with Crippen LogP contribution in [0.1, 0.15) is 34.7 Å². The van der Waals surface area contributed by atoms with Gasteiger partial charge in [-0.15, -0.1) is 0 Å². The number of nitrogens with zero attached hydrogens (tertiary/aromatic N) is 3. The van der Waals surface area contributed by atoms with E-state index in [1.54, 1.807) is 0 Å². The lowest BCUT2D eigenvalue weighted by molar-refractivity contribution is 0.174. The van der Waals surface area contributed by atoms with Crippen molar-refractivity contribution in [3.05, 3.63) is 100 Å². The van der Waals surface area contributed by atoms with E-state index in [4.69, 9.17) is 21.7 Å². The Morgan fingerprint density at radius 2 is 1.74 bits per heavy atom. The van der Waals surface area contributed by atoms with Crippen LogP contribution in [0.15, 0.2) is 77.4 Å². The highest BCUT2D eigenvalue weighted by Gasteiger charge is 2.42. The first-order valence-electron chi connectivity index (χ1n) is 11.4. The maximum Gasteiger partial charge on any atom is 0.231 e. The lowest BCUT2D eigenvalue weighted by Crippen LogP contribution is -2.29. The molecule has 1 N–H and O–H groups in total. The van der Waals surface area contributed by atoms with Gasteiger partial charge in [-0.05, 0) is 86.2 Å². The number of aryl methyl sites for hydroxylation is 1. The molecule has 35 heavy (non-hydrogen) atoms. The number of fused-ring (bicyclic) bond motifs is 1. The molecule has 4 heterocycles. The minimum absolute atomic E-state index is 0.0764. The zero-order valence-electron chi connectivity index (χ0n) is 19.2. The van der Waals surface area contributed by atoms with Crippen molar-refractivity contribution in [1.29, 1.82) is 0 Å². The molecule has 2 aliphatic heterocycles. The average Bonchev–Trinajstić information content (AvgIpc) is 3.55. The number of anilines is 1. The first-order valence-corrected chi connectivity index (χ1v) is 12.6. The Bertz CT molecular complexity index is 1420. The van der Waals surface area contributed by atoms with Crippen LogP contribution < -0.4 is 19.7 Å². The molecular weight excluding hydrogens is 524 g/mol. The number of thiocarbonyl (C=S) groups is 1. The number of aromatic nitrogens is 2. The minimum atomic E-state index is -0.0990. The lowest BCUT2D eigenvalue weighted by Gasteiger charge is -2.28. The van der Waals surface area contributed by atoms with E-state index in [9.17, 15) is 0 Å². The van der Waals surface area contributed by atoms with Crippen LogP contribution in [0.2, 0.25) is 0 Å². The fourth-order valence-electron chi connectivity index (χ4n) is 5.06. The monoisotopic (exact) mass is 546 g/mol. The zero-order chi connectivity index (χ0) is 24.1. The lowest BCUT2D eigenvalue weighted by atomic mass is 9.96. The van der Waals surface area contributed by atoms with Gasteiger partial charge in [-0.25, -0.2) is 0 Å². The summed E-state index contributed by atoms with van der Waals surface area (Å²) in [6.07, 6.45) is 1.83. The predicted octanol–water partition coefficient (Wildman–Crippen LogP) is 6.16. The number of halogens is 1. The molecule has 0 aliphatic carbocycles. The van der Waals surface area contributed by atoms with Gasteiger partial charge in [0.05, 0.1) is 17.8 Å². The summed E-state index contributed by atoms with van der Waals surface area (Å²) in [5, 5.41) is 4.23. The van der Waals surface area contributed by atoms with E-state index in [0.29, 0.717) is 5.11 Å². The Hall–Kier alpha value is -3.36. The molecule has 6 nitrogen and oxygen atoms in total. The van der Waals surface area contributed by atoms with Crippen LogP contribution in [0.4, 0.5) is 5.69 Å². The van der Waals surface area contributed by atoms with Crippen LogP contribution in [-0.2, 0) is 0 Å². The summed E-state index contributed by atoms with van der Waals surface area (Å²) in [4.78, 5) is 6.88. The van der Waals surface area contributed by atoms with Crippen molar-refractivity contribution in [2.24, 2.45) is 0 Å². The molecular formula is C27H23BrN4O2S. The van der Waals surface area contributed by atoms with E-state index in [1.807, 2.05) is 42.6 Å². The third-order valence-corrected chi connectivity index (χ3v) is 7.45. The largest absolute Gasteiger partial charge is 0.454 e. The highest BCUT2D eigenvalue weighted by Crippen LogP contribution is 2.44. The van der Waals surface area contributed by atoms with Crippen molar-refractivity contribution in [3.8, 4) is 17.2 Å². The number of pyridine rings is 1. The zero-order valence-corrected chi connectivity index (χ0v) is 21.6. The highest BCUT2D eigenvalue weighted by molar-refractivity contribution is 9.10. The van der Waals surface area contributed by atoms with Crippen LogP contribution in [0, 0.1) is 13.8 Å². The number of rotatable bonds is 4. The Morgan fingerprint density at radius 1 is 0.971 bits per heavy atom. The van der Waals surface area contributed by atoms with Gasteiger partial charge in [0.25, 0.3) is 0 Å². The molecule has 0 saturated carbocycles. The van der Waals surface area contributed by atoms with Crippen LogP contribution in [0.25, 0.3) is 5.69 Å². The second-order valence-electron chi connectivity index (χ2n) is 8.67. The normalized spacial score (nSPS) is 18.7. The summed E-state index contributed by atoms with van der Waals surface area (Å²) in [7, 11) is 0. The SMILES string of the molecule is Cc1cc([C@@H]2[C@@H](c3ccccn3)NC(=S)N2c2ccc(Br)cc2)c(C)n1-c1ccc2c(c1)OCO2. The number of nitrogens with one attached hydrogen (secondary N) is 1. The van der Waals surface area contributed by atoms with E-state index in [-0.39, 0.29) is 18.9 Å². The van der Waals surface area contributed by atoms with Gasteiger partial charge in [0.1, 0.15) is 0 Å². The van der Waals surface area contributed by atoms with E-state index in [0.717, 1.165) is 44.4 Å². The summed E-state index contributed by atoms with van der Waals surface area (Å²) >= 11 is 9.43. The van der Waals surface area contributed by atoms with Gasteiger partial charge in [0, 0.05) is 39.5 Å². The first kappa shape index (κ1) is 22.1. The highest BCUT2D eigenvalue weighted by atomic mass is 79.9. The number of hydrogen-bond acceptors (Lipinski definition) is 4. The van der Waals surface area contributed by atoms with Gasteiger partial charge < -0.3 is 24.3 Å². The molecule has 0 amide bonds. The fraction of sp³-hybridized carbons (Fsp3) is 0.185. The molecule has 0 spiro atoms. The minimum Gasteiger partial charge on any atom is -0.454 e. The fourth-order valence-corrected chi connectivity index (χ4v) is 5.67. The second kappa shape index (κ2) is 8.70. The van der Waals surface area contributed by atoms with Crippen molar-refractivity contribution in [3.63, 3.8) is 0 Å². The molecule has 8 heteroatoms. The number of hydrogen-bond donors (Lipinski definition) is 1. The van der Waals surface area contributed by atoms with Gasteiger partial charge in [-0.1, -0.05) is 22.0 Å². The third kappa shape index (κ3) is 3.77. The molecule has 4 aromatic rings. The summed E-state index contributed by atoms with van der Waals surface area (Å²) < 4.78 is 14.4. The Balaban J connectivity index is 1.50. The molecule has 2 aromatic carbocycles. The van der Waals surface area contributed by atoms with Gasteiger partial charge in [-0.2, -0.15) is 0 Å². The first-order chi connectivity index (χ1) is 17.0. The van der Waals surface area contributed by atoms with Crippen molar-refractivity contribution < 1.29 is 9.47 Å². The third-order valence-electron chi connectivity index (χ3n) is 6.61. The van der Waals surface area contributed by atoms with E-state index in [2.05, 4.69) is 79.9 Å². The molecule has 2 aromatic heterocycles. The molecule has 1 saturated heterocycles. The molecule has 2 aliphatic rings. The van der Waals surface area contributed by atoms with Crippen molar-refractivity contribution in [1.82, 2.24) is 14.9 Å². The number of benzene rings is 2. The van der Waals surface area contributed by atoms with Crippen LogP contribution in [-0.4, -0.2) is 21.5 Å². The topological polar surface area (TPSA) is 51.6 Å². The molecule has 0 radical (unpaired) electrons. The maximum atomic E-state index is 5.88. The van der Waals surface area contributed by atoms with Crippen molar-refractivity contribution >= 4 is 38.9 Å². The van der Waals surface area contributed by atoms with Gasteiger partial charge in [0.15, 0.2) is 16.6 Å². The molecule has 6 rings (SSSR count). The molecule has 0 bridgehead atoms. The average molecular weight is 547 g/mol. The molecule has 1 fully saturated rings. The van der Waals surface area contributed by atoms with Crippen molar-refractivity contribution in [2.45, 2.75) is 25.9 Å². The molecule has 176 valence electrons. The second-order valence-corrected chi connectivity index (χ2v) is 9.97. The number of ether oxygens (including phenoxy) is 2. The molecule has 2 atom stereocenters. The van der Waals surface area contributed by atoms with Crippen LogP contribution in [0.3, 0.4) is 0 Å². The van der Waals surface area contributed by atoms with E-state index >= 15 is 0 Å². The molecule has 0 unspecified atom stereocenters. The summed E-state index contributed by atoms with van der Waals surface area (Å²) in [5.41, 5.74) is 6.47. The van der Waals surface area contributed by atoms with E-state index < -0.39 is 0 Å². The quantitative estimate of drug-likeness (QED) is 0.309. The summed E-state index contributed by atoms with van der Waals surface area (Å²) in [6, 6.07) is 22.4. The van der Waals surface area contributed by atoms with Crippen molar-refractivity contribution in [2.75, 3.05) is 11.7 Å². The summed E-state index contributed by atoms with van der Waals surface area (Å²) in [5.74, 6) is 1.54. The van der Waals surface area contributed by atoms with Gasteiger partial charge in [-0.3, -0.25) is 4.98 Å². The maximum absolute atomic E-state index is 5.88. The van der Waals surface area contributed by atoms with E-state index in [1.165, 1.54) is 5.56 Å².